The molecule has 0 amide bonds. The van der Waals surface area contributed by atoms with Gasteiger partial charge in [-0.25, -0.2) is 0 Å². The maximum atomic E-state index is 4.24. The molecule has 120 valence electrons. The van der Waals surface area contributed by atoms with Crippen molar-refractivity contribution in [2.75, 3.05) is 5.75 Å². The van der Waals surface area contributed by atoms with E-state index in [1.54, 1.807) is 0 Å². The molecular formula is C18H27N3S. The number of nitrogens with zero attached hydrogens (tertiary/aromatic N) is 3. The van der Waals surface area contributed by atoms with E-state index in [4.69, 9.17) is 0 Å². The van der Waals surface area contributed by atoms with Gasteiger partial charge in [-0.15, -0.1) is 10.8 Å². The van der Waals surface area contributed by atoms with Crippen LogP contribution in [0.4, 0.5) is 0 Å². The molecule has 3 nitrogen and oxygen atoms in total. The van der Waals surface area contributed by atoms with E-state index in [0.29, 0.717) is 0 Å². The summed E-state index contributed by atoms with van der Waals surface area (Å²) in [4.78, 5) is 0. The zero-order valence-corrected chi connectivity index (χ0v) is 14.3. The SMILES string of the molecule is SCCCCCCCCCCCn1cc(C2=C=CC=C2)nn1. The van der Waals surface area contributed by atoms with Crippen LogP contribution in [0.15, 0.2) is 30.2 Å². The van der Waals surface area contributed by atoms with Crippen LogP contribution >= 0.6 is 12.6 Å². The van der Waals surface area contributed by atoms with Crippen molar-refractivity contribution in [3.8, 4) is 0 Å². The van der Waals surface area contributed by atoms with Gasteiger partial charge in [-0.1, -0.05) is 56.2 Å². The molecule has 1 aliphatic rings. The van der Waals surface area contributed by atoms with Crippen molar-refractivity contribution in [1.29, 1.82) is 0 Å². The van der Waals surface area contributed by atoms with Gasteiger partial charge in [-0.05, 0) is 30.7 Å². The minimum Gasteiger partial charge on any atom is -0.252 e. The molecule has 2 rings (SSSR count). The molecule has 0 unspecified atom stereocenters. The Balaban J connectivity index is 1.49. The third kappa shape index (κ3) is 6.25. The fraction of sp³-hybridized carbons (Fsp3) is 0.611. The van der Waals surface area contributed by atoms with Crippen LogP contribution in [0, 0.1) is 0 Å². The zero-order chi connectivity index (χ0) is 15.5. The maximum Gasteiger partial charge on any atom is 0.120 e. The lowest BCUT2D eigenvalue weighted by molar-refractivity contribution is 0.509. The second-order valence-corrected chi connectivity index (χ2v) is 6.30. The fourth-order valence-electron chi connectivity index (χ4n) is 2.64. The summed E-state index contributed by atoms with van der Waals surface area (Å²) in [6.45, 7) is 0.968. The topological polar surface area (TPSA) is 30.7 Å². The Morgan fingerprint density at radius 2 is 1.64 bits per heavy atom. The monoisotopic (exact) mass is 317 g/mol. The highest BCUT2D eigenvalue weighted by atomic mass is 32.1. The summed E-state index contributed by atoms with van der Waals surface area (Å²) in [6.07, 6.45) is 19.9. The van der Waals surface area contributed by atoms with Crippen LogP contribution in [0.1, 0.15) is 63.5 Å². The zero-order valence-electron chi connectivity index (χ0n) is 13.4. The van der Waals surface area contributed by atoms with Crippen molar-refractivity contribution < 1.29 is 0 Å². The van der Waals surface area contributed by atoms with Crippen LogP contribution in [0.3, 0.4) is 0 Å². The molecule has 4 heteroatoms. The van der Waals surface area contributed by atoms with Gasteiger partial charge in [0.05, 0.1) is 6.20 Å². The number of hydrogen-bond donors (Lipinski definition) is 1. The van der Waals surface area contributed by atoms with Crippen LogP contribution < -0.4 is 0 Å². The number of aryl methyl sites for hydroxylation is 1. The number of unbranched alkanes of at least 4 members (excludes halogenated alkanes) is 8. The van der Waals surface area contributed by atoms with Crippen molar-refractivity contribution in [2.24, 2.45) is 0 Å². The average Bonchev–Trinajstić information content (AvgIpc) is 3.19. The fourth-order valence-corrected chi connectivity index (χ4v) is 2.87. The molecule has 1 heterocycles. The lowest BCUT2D eigenvalue weighted by Crippen LogP contribution is -1.98. The molecule has 0 saturated carbocycles. The molecule has 0 aromatic carbocycles. The Bertz CT molecular complexity index is 524. The number of rotatable bonds is 12. The maximum absolute atomic E-state index is 4.24. The first-order valence-corrected chi connectivity index (χ1v) is 9.18. The standard InChI is InChI=1S/C18H27N3S/c22-15-11-7-5-3-1-2-4-6-10-14-21-16-18(19-20-21)17-12-8-9-13-17/h8-9,12,16,22H,1-7,10-11,14-15H2. The van der Waals surface area contributed by atoms with E-state index < -0.39 is 0 Å². The van der Waals surface area contributed by atoms with Gasteiger partial charge < -0.3 is 0 Å². The summed E-state index contributed by atoms with van der Waals surface area (Å²) >= 11 is 4.24. The van der Waals surface area contributed by atoms with Gasteiger partial charge in [-0.2, -0.15) is 12.6 Å². The Morgan fingerprint density at radius 3 is 2.27 bits per heavy atom. The number of hydrogen-bond acceptors (Lipinski definition) is 3. The second kappa shape index (κ2) is 10.5. The van der Waals surface area contributed by atoms with Crippen LogP contribution in [0.5, 0.6) is 0 Å². The second-order valence-electron chi connectivity index (χ2n) is 5.86. The first kappa shape index (κ1) is 17.1. The Labute approximate surface area is 139 Å². The van der Waals surface area contributed by atoms with Crippen molar-refractivity contribution >= 4 is 18.2 Å². The summed E-state index contributed by atoms with van der Waals surface area (Å²) in [5.74, 6) is 1.04. The minimum absolute atomic E-state index is 0.922. The van der Waals surface area contributed by atoms with E-state index in [9.17, 15) is 0 Å². The van der Waals surface area contributed by atoms with Crippen molar-refractivity contribution in [3.63, 3.8) is 0 Å². The first-order chi connectivity index (χ1) is 10.9. The van der Waals surface area contributed by atoms with Crippen molar-refractivity contribution in [3.05, 3.63) is 35.9 Å². The van der Waals surface area contributed by atoms with Crippen molar-refractivity contribution in [2.45, 2.75) is 64.3 Å². The molecule has 0 aliphatic heterocycles. The number of aromatic nitrogens is 3. The molecule has 0 radical (unpaired) electrons. The summed E-state index contributed by atoms with van der Waals surface area (Å²) in [5, 5.41) is 8.39. The molecule has 22 heavy (non-hydrogen) atoms. The Morgan fingerprint density at radius 1 is 0.955 bits per heavy atom. The number of thiol groups is 1. The normalized spacial score (nSPS) is 13.0. The van der Waals surface area contributed by atoms with Gasteiger partial charge in [0.2, 0.25) is 0 Å². The first-order valence-electron chi connectivity index (χ1n) is 8.55. The van der Waals surface area contributed by atoms with Gasteiger partial charge in [0.25, 0.3) is 0 Å². The van der Waals surface area contributed by atoms with E-state index in [0.717, 1.165) is 23.6 Å². The Hall–Kier alpha value is -1.25. The molecule has 1 aromatic heterocycles. The van der Waals surface area contributed by atoms with Crippen LogP contribution in [-0.4, -0.2) is 20.7 Å². The largest absolute Gasteiger partial charge is 0.252 e. The predicted octanol–water partition coefficient (Wildman–Crippen LogP) is 4.83. The quantitative estimate of drug-likeness (QED) is 0.340. The highest BCUT2D eigenvalue weighted by Gasteiger charge is 2.05. The Kier molecular flexibility index (Phi) is 8.14. The van der Waals surface area contributed by atoms with E-state index in [1.165, 1.54) is 57.8 Å². The van der Waals surface area contributed by atoms with E-state index in [-0.39, 0.29) is 0 Å². The molecular weight excluding hydrogens is 290 g/mol. The highest BCUT2D eigenvalue weighted by molar-refractivity contribution is 7.80. The van der Waals surface area contributed by atoms with Gasteiger partial charge in [0.15, 0.2) is 0 Å². The molecule has 0 bridgehead atoms. The van der Waals surface area contributed by atoms with E-state index >= 15 is 0 Å². The van der Waals surface area contributed by atoms with Crippen LogP contribution in [-0.2, 0) is 6.54 Å². The van der Waals surface area contributed by atoms with Gasteiger partial charge in [0.1, 0.15) is 5.69 Å². The molecule has 0 fully saturated rings. The van der Waals surface area contributed by atoms with Gasteiger partial charge in [-0.3, -0.25) is 4.68 Å². The van der Waals surface area contributed by atoms with Crippen LogP contribution in [0.25, 0.3) is 5.57 Å². The van der Waals surface area contributed by atoms with Gasteiger partial charge in [0, 0.05) is 12.1 Å². The lowest BCUT2D eigenvalue weighted by Gasteiger charge is -2.02. The average molecular weight is 318 g/mol. The summed E-state index contributed by atoms with van der Waals surface area (Å²) < 4.78 is 1.95. The summed E-state index contributed by atoms with van der Waals surface area (Å²) in [7, 11) is 0. The molecule has 0 saturated heterocycles. The molecule has 0 atom stereocenters. The molecule has 1 aliphatic carbocycles. The summed E-state index contributed by atoms with van der Waals surface area (Å²) in [6, 6.07) is 0. The predicted molar refractivity (Wildman–Crippen MR) is 96.1 cm³/mol. The van der Waals surface area contributed by atoms with Crippen LogP contribution in [0.2, 0.25) is 0 Å². The third-order valence-electron chi connectivity index (χ3n) is 3.96. The van der Waals surface area contributed by atoms with E-state index in [1.807, 2.05) is 29.1 Å². The third-order valence-corrected chi connectivity index (χ3v) is 4.27. The highest BCUT2D eigenvalue weighted by Crippen LogP contribution is 2.15. The molecule has 0 N–H and O–H groups in total. The van der Waals surface area contributed by atoms with E-state index in [2.05, 4.69) is 28.7 Å². The smallest absolute Gasteiger partial charge is 0.120 e. The molecule has 1 aromatic rings. The van der Waals surface area contributed by atoms with Gasteiger partial charge >= 0.3 is 0 Å². The summed E-state index contributed by atoms with van der Waals surface area (Å²) in [5.41, 5.74) is 5.11. The molecule has 0 spiro atoms. The van der Waals surface area contributed by atoms with Crippen molar-refractivity contribution in [1.82, 2.24) is 15.0 Å². The number of allylic oxidation sites excluding steroid dienone is 3. The lowest BCUT2D eigenvalue weighted by atomic mass is 10.1. The minimum atomic E-state index is 0.922.